The van der Waals surface area contributed by atoms with E-state index in [0.29, 0.717) is 12.5 Å². The molecule has 15 heavy (non-hydrogen) atoms. The lowest BCUT2D eigenvalue weighted by atomic mass is 10.1. The zero-order chi connectivity index (χ0) is 10.8. The van der Waals surface area contributed by atoms with E-state index in [1.807, 2.05) is 19.1 Å². The van der Waals surface area contributed by atoms with Crippen LogP contribution >= 0.6 is 27.5 Å². The lowest BCUT2D eigenvalue weighted by Gasteiger charge is -2.12. The summed E-state index contributed by atoms with van der Waals surface area (Å²) in [6, 6.07) is 6.04. The zero-order valence-electron chi connectivity index (χ0n) is 8.67. The van der Waals surface area contributed by atoms with E-state index in [4.69, 9.17) is 16.3 Å². The molecular formula is C12H14BrClO. The van der Waals surface area contributed by atoms with Gasteiger partial charge in [-0.05, 0) is 43.4 Å². The third-order valence-corrected chi connectivity index (χ3v) is 3.89. The van der Waals surface area contributed by atoms with Crippen LogP contribution in [-0.2, 0) is 0 Å². The number of rotatable bonds is 4. The van der Waals surface area contributed by atoms with Gasteiger partial charge in [-0.1, -0.05) is 22.0 Å². The van der Waals surface area contributed by atoms with Crippen LogP contribution in [0.4, 0.5) is 0 Å². The van der Waals surface area contributed by atoms with Crippen LogP contribution in [0.1, 0.15) is 30.7 Å². The first kappa shape index (κ1) is 11.3. The Balaban J connectivity index is 2.17. The van der Waals surface area contributed by atoms with Gasteiger partial charge in [0.05, 0.1) is 12.0 Å². The fourth-order valence-corrected chi connectivity index (χ4v) is 2.81. The Kier molecular flexibility index (Phi) is 3.57. The van der Waals surface area contributed by atoms with Crippen molar-refractivity contribution in [2.45, 2.75) is 25.1 Å². The van der Waals surface area contributed by atoms with Crippen molar-refractivity contribution in [2.75, 3.05) is 6.61 Å². The molecular weight excluding hydrogens is 275 g/mol. The molecule has 0 saturated heterocycles. The highest BCUT2D eigenvalue weighted by molar-refractivity contribution is 9.10. The first-order valence-corrected chi connectivity index (χ1v) is 6.51. The Bertz CT molecular complexity index is 349. The van der Waals surface area contributed by atoms with Gasteiger partial charge in [0.15, 0.2) is 0 Å². The standard InChI is InChI=1S/C12H14BrClO/c1-2-15-9-5-6-10(11(13)7-9)12(14)8-3-4-8/h5-8,12H,2-4H2,1H3. The Hall–Kier alpha value is -0.210. The van der Waals surface area contributed by atoms with Crippen molar-refractivity contribution in [3.63, 3.8) is 0 Å². The van der Waals surface area contributed by atoms with Gasteiger partial charge in [0, 0.05) is 4.47 Å². The van der Waals surface area contributed by atoms with Crippen molar-refractivity contribution in [3.05, 3.63) is 28.2 Å². The summed E-state index contributed by atoms with van der Waals surface area (Å²) in [4.78, 5) is 0. The largest absolute Gasteiger partial charge is 0.494 e. The molecule has 1 aromatic rings. The Labute approximate surface area is 104 Å². The van der Waals surface area contributed by atoms with Crippen LogP contribution in [0.5, 0.6) is 5.75 Å². The molecule has 2 rings (SSSR count). The molecule has 1 aromatic carbocycles. The molecule has 1 unspecified atom stereocenters. The number of halogens is 2. The van der Waals surface area contributed by atoms with Gasteiger partial charge in [-0.3, -0.25) is 0 Å². The van der Waals surface area contributed by atoms with Crippen LogP contribution in [-0.4, -0.2) is 6.61 Å². The molecule has 1 fully saturated rings. The van der Waals surface area contributed by atoms with Gasteiger partial charge in [0.2, 0.25) is 0 Å². The van der Waals surface area contributed by atoms with Crippen LogP contribution in [0.15, 0.2) is 22.7 Å². The number of hydrogen-bond donors (Lipinski definition) is 0. The van der Waals surface area contributed by atoms with Crippen LogP contribution in [0, 0.1) is 5.92 Å². The number of alkyl halides is 1. The molecule has 0 amide bonds. The summed E-state index contributed by atoms with van der Waals surface area (Å²) in [6.45, 7) is 2.68. The van der Waals surface area contributed by atoms with Gasteiger partial charge in [-0.25, -0.2) is 0 Å². The molecule has 3 heteroatoms. The summed E-state index contributed by atoms with van der Waals surface area (Å²) in [5.41, 5.74) is 1.18. The minimum Gasteiger partial charge on any atom is -0.494 e. The topological polar surface area (TPSA) is 9.23 Å². The molecule has 82 valence electrons. The summed E-state index contributed by atoms with van der Waals surface area (Å²) < 4.78 is 6.48. The Morgan fingerprint density at radius 2 is 2.27 bits per heavy atom. The smallest absolute Gasteiger partial charge is 0.120 e. The van der Waals surface area contributed by atoms with E-state index in [9.17, 15) is 0 Å². The molecule has 0 bridgehead atoms. The highest BCUT2D eigenvalue weighted by Crippen LogP contribution is 2.47. The molecule has 0 N–H and O–H groups in total. The third kappa shape index (κ3) is 2.67. The van der Waals surface area contributed by atoms with Crippen LogP contribution in [0.3, 0.4) is 0 Å². The maximum Gasteiger partial charge on any atom is 0.120 e. The highest BCUT2D eigenvalue weighted by atomic mass is 79.9. The summed E-state index contributed by atoms with van der Waals surface area (Å²) in [5, 5.41) is 0.148. The third-order valence-electron chi connectivity index (χ3n) is 2.62. The lowest BCUT2D eigenvalue weighted by Crippen LogP contribution is -1.96. The minimum absolute atomic E-state index is 0.148. The van der Waals surface area contributed by atoms with Gasteiger partial charge in [-0.15, -0.1) is 11.6 Å². The molecule has 0 heterocycles. The number of benzene rings is 1. The van der Waals surface area contributed by atoms with E-state index < -0.39 is 0 Å². The highest BCUT2D eigenvalue weighted by Gasteiger charge is 2.31. The Morgan fingerprint density at radius 3 is 2.80 bits per heavy atom. The SMILES string of the molecule is CCOc1ccc(C(Cl)C2CC2)c(Br)c1. The second-order valence-corrected chi connectivity index (χ2v) is 5.18. The summed E-state index contributed by atoms with van der Waals surface area (Å²) in [5.74, 6) is 1.56. The molecule has 1 atom stereocenters. The predicted octanol–water partition coefficient (Wildman–Crippen LogP) is 4.54. The van der Waals surface area contributed by atoms with Crippen molar-refractivity contribution in [1.82, 2.24) is 0 Å². The van der Waals surface area contributed by atoms with Crippen LogP contribution < -0.4 is 4.74 Å². The van der Waals surface area contributed by atoms with Crippen LogP contribution in [0.25, 0.3) is 0 Å². The number of ether oxygens (including phenoxy) is 1. The van der Waals surface area contributed by atoms with Gasteiger partial charge < -0.3 is 4.74 Å². The predicted molar refractivity (Wildman–Crippen MR) is 66.6 cm³/mol. The van der Waals surface area contributed by atoms with Crippen molar-refractivity contribution in [1.29, 1.82) is 0 Å². The zero-order valence-corrected chi connectivity index (χ0v) is 11.0. The molecule has 0 radical (unpaired) electrons. The second kappa shape index (κ2) is 4.75. The molecule has 1 saturated carbocycles. The normalized spacial score (nSPS) is 17.5. The Morgan fingerprint density at radius 1 is 1.53 bits per heavy atom. The van der Waals surface area contributed by atoms with E-state index in [0.717, 1.165) is 10.2 Å². The second-order valence-electron chi connectivity index (χ2n) is 3.86. The first-order chi connectivity index (χ1) is 7.22. The molecule has 1 nitrogen and oxygen atoms in total. The van der Waals surface area contributed by atoms with Crippen molar-refractivity contribution < 1.29 is 4.74 Å². The van der Waals surface area contributed by atoms with Crippen molar-refractivity contribution in [3.8, 4) is 5.75 Å². The average molecular weight is 290 g/mol. The molecule has 1 aliphatic rings. The average Bonchev–Trinajstić information content (AvgIpc) is 3.01. The van der Waals surface area contributed by atoms with Gasteiger partial charge in [0.1, 0.15) is 5.75 Å². The van der Waals surface area contributed by atoms with E-state index >= 15 is 0 Å². The van der Waals surface area contributed by atoms with Crippen molar-refractivity contribution in [2.24, 2.45) is 5.92 Å². The van der Waals surface area contributed by atoms with E-state index in [2.05, 4.69) is 22.0 Å². The van der Waals surface area contributed by atoms with Gasteiger partial charge >= 0.3 is 0 Å². The maximum absolute atomic E-state index is 6.37. The summed E-state index contributed by atoms with van der Waals surface area (Å²) in [7, 11) is 0. The van der Waals surface area contributed by atoms with Crippen LogP contribution in [0.2, 0.25) is 0 Å². The van der Waals surface area contributed by atoms with E-state index in [1.54, 1.807) is 0 Å². The minimum atomic E-state index is 0.148. The van der Waals surface area contributed by atoms with E-state index in [-0.39, 0.29) is 5.38 Å². The molecule has 0 aliphatic heterocycles. The lowest BCUT2D eigenvalue weighted by molar-refractivity contribution is 0.340. The maximum atomic E-state index is 6.37. The van der Waals surface area contributed by atoms with Crippen molar-refractivity contribution >= 4 is 27.5 Å². The fourth-order valence-electron chi connectivity index (χ4n) is 1.63. The van der Waals surface area contributed by atoms with E-state index in [1.165, 1.54) is 18.4 Å². The van der Waals surface area contributed by atoms with Gasteiger partial charge in [0.25, 0.3) is 0 Å². The van der Waals surface area contributed by atoms with Gasteiger partial charge in [-0.2, -0.15) is 0 Å². The summed E-state index contributed by atoms with van der Waals surface area (Å²) in [6.07, 6.45) is 2.52. The monoisotopic (exact) mass is 288 g/mol. The summed E-state index contributed by atoms with van der Waals surface area (Å²) >= 11 is 9.92. The quantitative estimate of drug-likeness (QED) is 0.740. The first-order valence-electron chi connectivity index (χ1n) is 5.28. The molecule has 0 aromatic heterocycles. The molecule has 0 spiro atoms. The number of hydrogen-bond acceptors (Lipinski definition) is 1. The fraction of sp³-hybridized carbons (Fsp3) is 0.500. The molecule has 1 aliphatic carbocycles.